The van der Waals surface area contributed by atoms with Crippen molar-refractivity contribution in [3.63, 3.8) is 0 Å². The zero-order valence-electron chi connectivity index (χ0n) is 25.7. The minimum Gasteiger partial charge on any atom is -0.456 e. The first-order valence-corrected chi connectivity index (χ1v) is 13.2. The molecule has 2 heterocycles. The summed E-state index contributed by atoms with van der Waals surface area (Å²) >= 11 is 0. The van der Waals surface area contributed by atoms with E-state index in [4.69, 9.17) is 13.7 Å². The number of aryl methyl sites for hydroxylation is 2. The van der Waals surface area contributed by atoms with Crippen LogP contribution in [0.4, 0.5) is 5.69 Å². The molecule has 0 atom stereocenters. The van der Waals surface area contributed by atoms with Crippen molar-refractivity contribution < 1.29 is 11.7 Å². The highest BCUT2D eigenvalue weighted by atomic mass is 16.3. The Labute approximate surface area is 229 Å². The Morgan fingerprint density at radius 3 is 2.16 bits per heavy atom. The largest absolute Gasteiger partial charge is 0.456 e. The number of furan rings is 1. The number of benzene rings is 3. The molecule has 0 saturated carbocycles. The van der Waals surface area contributed by atoms with Crippen LogP contribution in [0, 0.1) is 25.8 Å². The lowest BCUT2D eigenvalue weighted by molar-refractivity contribution is -0.666. The SMILES string of the molecule is [2H]C([2H])(c1cc(C)[n+](C)c(-c2c(C)ccc3c2oc2c(-c4ccc(C(C)C)cc4)c([N+]#[C-])ccc23)c1)C(C)(C)C. The van der Waals surface area contributed by atoms with E-state index in [1.54, 1.807) is 0 Å². The Kier molecular flexibility index (Phi) is 5.77. The number of hydrogen-bond donors (Lipinski definition) is 0. The molecule has 0 N–H and O–H groups in total. The lowest BCUT2D eigenvalue weighted by atomic mass is 9.87. The predicted molar refractivity (Wildman–Crippen MR) is 159 cm³/mol. The second-order valence-corrected chi connectivity index (χ2v) is 11.7. The van der Waals surface area contributed by atoms with Crippen molar-refractivity contribution in [2.24, 2.45) is 12.5 Å². The lowest BCUT2D eigenvalue weighted by Crippen LogP contribution is -2.35. The topological polar surface area (TPSA) is 21.4 Å². The molecule has 0 spiro atoms. The standard InChI is InChI=1S/C35H37N2O/c1-21(2)25-11-13-26(14-12-25)32-29(36-8)17-16-28-27-15-10-22(3)31(33(27)38-34(28)32)30-19-24(20-35(5,6)7)18-23(4)37(30)9/h10-19,21H,20H2,1-7,9H3/q+1/i20D2. The van der Waals surface area contributed by atoms with Crippen LogP contribution >= 0.6 is 0 Å². The Hall–Kier alpha value is -3.90. The summed E-state index contributed by atoms with van der Waals surface area (Å²) in [6.07, 6.45) is -1.53. The highest BCUT2D eigenvalue weighted by molar-refractivity contribution is 6.15. The molecule has 5 rings (SSSR count). The van der Waals surface area contributed by atoms with Crippen LogP contribution < -0.4 is 4.57 Å². The summed E-state index contributed by atoms with van der Waals surface area (Å²) in [5.74, 6) is 0.423. The monoisotopic (exact) mass is 503 g/mol. The number of nitrogens with zero attached hydrogens (tertiary/aromatic N) is 2. The molecule has 0 unspecified atom stereocenters. The quantitative estimate of drug-likeness (QED) is 0.177. The summed E-state index contributed by atoms with van der Waals surface area (Å²) in [6.45, 7) is 22.1. The molecular formula is C35H37N2O+. The Bertz CT molecular complexity index is 1810. The van der Waals surface area contributed by atoms with Gasteiger partial charge < -0.3 is 4.42 Å². The minimum absolute atomic E-state index is 0.423. The first kappa shape index (κ1) is 23.2. The fourth-order valence-corrected chi connectivity index (χ4v) is 5.26. The smallest absolute Gasteiger partial charge is 0.216 e. The Morgan fingerprint density at radius 1 is 0.921 bits per heavy atom. The Morgan fingerprint density at radius 2 is 1.55 bits per heavy atom. The average Bonchev–Trinajstić information content (AvgIpc) is 3.27. The van der Waals surface area contributed by atoms with Crippen LogP contribution in [0.1, 0.15) is 65.7 Å². The van der Waals surface area contributed by atoms with Crippen molar-refractivity contribution in [1.82, 2.24) is 0 Å². The van der Waals surface area contributed by atoms with Crippen LogP contribution in [0.25, 0.3) is 49.2 Å². The summed E-state index contributed by atoms with van der Waals surface area (Å²) in [7, 11) is 2.01. The van der Waals surface area contributed by atoms with Crippen molar-refractivity contribution in [3.05, 3.63) is 94.5 Å². The van der Waals surface area contributed by atoms with E-state index in [1.165, 1.54) is 5.56 Å². The van der Waals surface area contributed by atoms with E-state index in [2.05, 4.69) is 66.6 Å². The number of pyridine rings is 1. The van der Waals surface area contributed by atoms with Crippen LogP contribution in [0.15, 0.2) is 65.1 Å². The van der Waals surface area contributed by atoms with Crippen molar-refractivity contribution in [3.8, 4) is 22.4 Å². The molecule has 0 saturated heterocycles. The highest BCUT2D eigenvalue weighted by Crippen LogP contribution is 2.44. The molecule has 3 aromatic carbocycles. The fraction of sp³-hybridized carbons (Fsp3) is 0.314. The van der Waals surface area contributed by atoms with Crippen molar-refractivity contribution in [1.29, 1.82) is 0 Å². The van der Waals surface area contributed by atoms with Gasteiger partial charge in [-0.3, -0.25) is 0 Å². The predicted octanol–water partition coefficient (Wildman–Crippen LogP) is 9.62. The molecule has 192 valence electrons. The second kappa shape index (κ2) is 9.44. The van der Waals surface area contributed by atoms with E-state index in [9.17, 15) is 0 Å². The van der Waals surface area contributed by atoms with E-state index in [0.717, 1.165) is 50.0 Å². The molecule has 3 nitrogen and oxygen atoms in total. The zero-order valence-corrected chi connectivity index (χ0v) is 23.7. The number of fused-ring (bicyclic) bond motifs is 3. The van der Waals surface area contributed by atoms with E-state index in [0.29, 0.717) is 22.8 Å². The summed E-state index contributed by atoms with van der Waals surface area (Å²) in [4.78, 5) is 3.85. The number of hydrogen-bond acceptors (Lipinski definition) is 1. The second-order valence-electron chi connectivity index (χ2n) is 11.7. The van der Waals surface area contributed by atoms with Crippen LogP contribution in [0.5, 0.6) is 0 Å². The van der Waals surface area contributed by atoms with Gasteiger partial charge in [-0.05, 0) is 46.9 Å². The van der Waals surface area contributed by atoms with Gasteiger partial charge in [0, 0.05) is 38.1 Å². The van der Waals surface area contributed by atoms with Crippen molar-refractivity contribution >= 4 is 27.6 Å². The summed E-state index contributed by atoms with van der Waals surface area (Å²) in [6, 6.07) is 20.4. The van der Waals surface area contributed by atoms with Gasteiger partial charge in [0.25, 0.3) is 0 Å². The lowest BCUT2D eigenvalue weighted by Gasteiger charge is -2.18. The maximum Gasteiger partial charge on any atom is 0.216 e. The summed E-state index contributed by atoms with van der Waals surface area (Å²) in [5, 5.41) is 1.95. The van der Waals surface area contributed by atoms with Crippen molar-refractivity contribution in [2.75, 3.05) is 0 Å². The van der Waals surface area contributed by atoms with Gasteiger partial charge in [0.1, 0.15) is 18.2 Å². The van der Waals surface area contributed by atoms with Gasteiger partial charge in [-0.1, -0.05) is 83.1 Å². The molecule has 0 aliphatic heterocycles. The maximum absolute atomic E-state index is 8.96. The van der Waals surface area contributed by atoms with Crippen LogP contribution in [-0.2, 0) is 13.4 Å². The molecule has 38 heavy (non-hydrogen) atoms. The minimum atomic E-state index is -1.53. The molecule has 0 bridgehead atoms. The average molecular weight is 504 g/mol. The molecule has 3 heteroatoms. The van der Waals surface area contributed by atoms with Crippen LogP contribution in [-0.4, -0.2) is 0 Å². The van der Waals surface area contributed by atoms with Crippen LogP contribution in [0.3, 0.4) is 0 Å². The maximum atomic E-state index is 8.96. The van der Waals surface area contributed by atoms with E-state index < -0.39 is 11.8 Å². The van der Waals surface area contributed by atoms with Crippen LogP contribution in [0.2, 0.25) is 0 Å². The van der Waals surface area contributed by atoms with Gasteiger partial charge in [-0.15, -0.1) is 0 Å². The van der Waals surface area contributed by atoms with Gasteiger partial charge in [0.2, 0.25) is 5.69 Å². The molecule has 2 aromatic heterocycles. The van der Waals surface area contributed by atoms with E-state index >= 15 is 0 Å². The highest BCUT2D eigenvalue weighted by Gasteiger charge is 2.25. The normalized spacial score (nSPS) is 13.2. The molecule has 0 aliphatic rings. The van der Waals surface area contributed by atoms with Gasteiger partial charge in [-0.2, -0.15) is 4.57 Å². The molecular weight excluding hydrogens is 464 g/mol. The number of aromatic nitrogens is 1. The van der Waals surface area contributed by atoms with Gasteiger partial charge >= 0.3 is 0 Å². The number of rotatable bonds is 4. The fourth-order valence-electron chi connectivity index (χ4n) is 5.26. The van der Waals surface area contributed by atoms with Gasteiger partial charge in [0.15, 0.2) is 11.4 Å². The van der Waals surface area contributed by atoms with Crippen molar-refractivity contribution in [2.45, 2.75) is 60.8 Å². The van der Waals surface area contributed by atoms with Gasteiger partial charge in [-0.25, -0.2) is 4.85 Å². The third-order valence-corrected chi connectivity index (χ3v) is 7.30. The van der Waals surface area contributed by atoms with Gasteiger partial charge in [0.05, 0.1) is 12.1 Å². The third kappa shape index (κ3) is 4.50. The summed E-state index contributed by atoms with van der Waals surface area (Å²) in [5.41, 5.74) is 8.96. The molecule has 0 aliphatic carbocycles. The molecule has 5 aromatic rings. The van der Waals surface area contributed by atoms with E-state index in [1.807, 2.05) is 59.0 Å². The summed E-state index contributed by atoms with van der Waals surface area (Å²) < 4.78 is 26.8. The first-order valence-electron chi connectivity index (χ1n) is 14.2. The third-order valence-electron chi connectivity index (χ3n) is 7.30. The zero-order chi connectivity index (χ0) is 29.1. The first-order chi connectivity index (χ1) is 18.8. The molecule has 0 radical (unpaired) electrons. The van der Waals surface area contributed by atoms with E-state index in [-0.39, 0.29) is 0 Å². The Balaban J connectivity index is 1.84. The molecule has 0 amide bonds. The molecule has 0 fully saturated rings.